The Bertz CT molecular complexity index is 982. The molecule has 0 amide bonds. The van der Waals surface area contributed by atoms with Gasteiger partial charge in [0, 0.05) is 22.6 Å². The number of hydrogen-bond acceptors (Lipinski definition) is 4. The third-order valence-corrected chi connectivity index (χ3v) is 6.73. The molecular formula is C24H25FO3S. The highest BCUT2D eigenvalue weighted by Crippen LogP contribution is 2.34. The van der Waals surface area contributed by atoms with Crippen molar-refractivity contribution >= 4 is 11.3 Å². The Labute approximate surface area is 174 Å². The first kappa shape index (κ1) is 20.2. The van der Waals surface area contributed by atoms with Crippen LogP contribution in [0.1, 0.15) is 41.0 Å². The van der Waals surface area contributed by atoms with Crippen LogP contribution in [0.4, 0.5) is 4.39 Å². The number of hydrogen-bond donors (Lipinski definition) is 2. The van der Waals surface area contributed by atoms with Crippen LogP contribution >= 0.6 is 11.3 Å². The lowest BCUT2D eigenvalue weighted by Crippen LogP contribution is -2.41. The standard InChI is InChI=1S/C24H25FO3S/c1-14-3-4-17(24-22(27)13-21(26)15(2)28-24)11-18(14)12-20-9-10-23(29-20)16-5-7-19(25)8-6-16/h3-11,15,21-22,24,26-27H,12-13H2,1-2H3. The average molecular weight is 413 g/mol. The van der Waals surface area contributed by atoms with E-state index in [1.165, 1.54) is 28.1 Å². The maximum Gasteiger partial charge on any atom is 0.123 e. The molecule has 5 heteroatoms. The summed E-state index contributed by atoms with van der Waals surface area (Å²) in [5, 5.41) is 20.3. The van der Waals surface area contributed by atoms with Crippen molar-refractivity contribution in [1.82, 2.24) is 0 Å². The molecule has 2 heterocycles. The molecule has 0 radical (unpaired) electrons. The summed E-state index contributed by atoms with van der Waals surface area (Å²) in [6.07, 6.45) is -0.978. The first-order chi connectivity index (χ1) is 13.9. The minimum absolute atomic E-state index is 0.230. The van der Waals surface area contributed by atoms with Crippen molar-refractivity contribution in [1.29, 1.82) is 0 Å². The molecular weight excluding hydrogens is 387 g/mol. The second-order valence-corrected chi connectivity index (χ2v) is 8.94. The zero-order valence-electron chi connectivity index (χ0n) is 16.5. The molecule has 0 saturated carbocycles. The maximum atomic E-state index is 13.2. The number of thiophene rings is 1. The predicted molar refractivity (Wildman–Crippen MR) is 114 cm³/mol. The summed E-state index contributed by atoms with van der Waals surface area (Å²) >= 11 is 1.70. The molecule has 4 unspecified atom stereocenters. The molecule has 0 aliphatic carbocycles. The van der Waals surface area contributed by atoms with Gasteiger partial charge >= 0.3 is 0 Å². The van der Waals surface area contributed by atoms with E-state index in [2.05, 4.69) is 31.2 Å². The third-order valence-electron chi connectivity index (χ3n) is 5.59. The molecule has 29 heavy (non-hydrogen) atoms. The number of halogens is 1. The minimum Gasteiger partial charge on any atom is -0.390 e. The van der Waals surface area contributed by atoms with Crippen molar-refractivity contribution in [2.45, 2.75) is 51.1 Å². The second-order valence-electron chi connectivity index (χ2n) is 7.77. The lowest BCUT2D eigenvalue weighted by molar-refractivity contribution is -0.164. The molecule has 1 fully saturated rings. The number of benzene rings is 2. The van der Waals surface area contributed by atoms with E-state index in [0.29, 0.717) is 6.42 Å². The van der Waals surface area contributed by atoms with Gasteiger partial charge in [-0.25, -0.2) is 4.39 Å². The highest BCUT2D eigenvalue weighted by atomic mass is 32.1. The van der Waals surface area contributed by atoms with Crippen LogP contribution in [-0.4, -0.2) is 28.5 Å². The van der Waals surface area contributed by atoms with Gasteiger partial charge in [0.15, 0.2) is 0 Å². The summed E-state index contributed by atoms with van der Waals surface area (Å²) in [6.45, 7) is 3.92. The first-order valence-electron chi connectivity index (χ1n) is 9.86. The largest absolute Gasteiger partial charge is 0.390 e. The molecule has 1 aromatic heterocycles. The normalized spacial score (nSPS) is 24.6. The quantitative estimate of drug-likeness (QED) is 0.632. The SMILES string of the molecule is Cc1ccc(C2OC(C)C(O)CC2O)cc1Cc1ccc(-c2ccc(F)cc2)s1. The highest BCUT2D eigenvalue weighted by molar-refractivity contribution is 7.15. The van der Waals surface area contributed by atoms with Crippen molar-refractivity contribution in [3.8, 4) is 10.4 Å². The van der Waals surface area contributed by atoms with E-state index in [0.717, 1.165) is 22.4 Å². The lowest BCUT2D eigenvalue weighted by atomic mass is 9.91. The van der Waals surface area contributed by atoms with E-state index in [9.17, 15) is 14.6 Å². The van der Waals surface area contributed by atoms with Crippen LogP contribution in [0.5, 0.6) is 0 Å². The molecule has 4 atom stereocenters. The van der Waals surface area contributed by atoms with Crippen LogP contribution in [0.25, 0.3) is 10.4 Å². The Kier molecular flexibility index (Phi) is 5.83. The topological polar surface area (TPSA) is 49.7 Å². The molecule has 4 rings (SSSR count). The molecule has 152 valence electrons. The molecule has 3 aromatic rings. The molecule has 0 spiro atoms. The predicted octanol–water partition coefficient (Wildman–Crippen LogP) is 5.03. The van der Waals surface area contributed by atoms with E-state index < -0.39 is 18.3 Å². The van der Waals surface area contributed by atoms with E-state index >= 15 is 0 Å². The summed E-state index contributed by atoms with van der Waals surface area (Å²) < 4.78 is 19.1. The average Bonchev–Trinajstić information content (AvgIpc) is 3.16. The van der Waals surface area contributed by atoms with E-state index in [1.807, 2.05) is 13.0 Å². The molecule has 1 aliphatic heterocycles. The number of rotatable bonds is 4. The van der Waals surface area contributed by atoms with E-state index in [4.69, 9.17) is 4.74 Å². The van der Waals surface area contributed by atoms with Gasteiger partial charge in [0.2, 0.25) is 0 Å². The van der Waals surface area contributed by atoms with E-state index in [1.54, 1.807) is 23.5 Å². The Morgan fingerprint density at radius 1 is 1.03 bits per heavy atom. The number of aryl methyl sites for hydroxylation is 1. The van der Waals surface area contributed by atoms with Gasteiger partial charge in [0.05, 0.1) is 18.3 Å². The maximum absolute atomic E-state index is 13.2. The van der Waals surface area contributed by atoms with Gasteiger partial charge in [0.1, 0.15) is 11.9 Å². The van der Waals surface area contributed by atoms with Crippen molar-refractivity contribution in [3.63, 3.8) is 0 Å². The van der Waals surface area contributed by atoms with Gasteiger partial charge in [-0.1, -0.05) is 30.3 Å². The van der Waals surface area contributed by atoms with Crippen LogP contribution in [0.3, 0.4) is 0 Å². The Hall–Kier alpha value is -2.05. The Morgan fingerprint density at radius 2 is 1.79 bits per heavy atom. The second kappa shape index (κ2) is 8.36. The van der Waals surface area contributed by atoms with Gasteiger partial charge < -0.3 is 14.9 Å². The lowest BCUT2D eigenvalue weighted by Gasteiger charge is -2.36. The zero-order valence-corrected chi connectivity index (χ0v) is 17.3. The molecule has 1 aliphatic rings. The van der Waals surface area contributed by atoms with Gasteiger partial charge in [-0.2, -0.15) is 0 Å². The van der Waals surface area contributed by atoms with Crippen LogP contribution in [0.15, 0.2) is 54.6 Å². The number of aliphatic hydroxyl groups excluding tert-OH is 2. The molecule has 0 bridgehead atoms. The summed E-state index contributed by atoms with van der Waals surface area (Å²) in [6, 6.07) is 16.9. The van der Waals surface area contributed by atoms with Gasteiger partial charge in [-0.15, -0.1) is 11.3 Å². The zero-order chi connectivity index (χ0) is 20.5. The number of ether oxygens (including phenoxy) is 1. The summed E-state index contributed by atoms with van der Waals surface area (Å²) in [5.74, 6) is -0.230. The van der Waals surface area contributed by atoms with Gasteiger partial charge in [-0.05, 0) is 60.4 Å². The fourth-order valence-corrected chi connectivity index (χ4v) is 4.80. The summed E-state index contributed by atoms with van der Waals surface area (Å²) in [4.78, 5) is 2.33. The van der Waals surface area contributed by atoms with Crippen molar-refractivity contribution in [3.05, 3.63) is 82.0 Å². The van der Waals surface area contributed by atoms with Crippen LogP contribution in [-0.2, 0) is 11.2 Å². The molecule has 2 aromatic carbocycles. The molecule has 3 nitrogen and oxygen atoms in total. The van der Waals surface area contributed by atoms with Crippen LogP contribution in [0.2, 0.25) is 0 Å². The van der Waals surface area contributed by atoms with Crippen LogP contribution in [0, 0.1) is 12.7 Å². The van der Waals surface area contributed by atoms with E-state index in [-0.39, 0.29) is 11.9 Å². The van der Waals surface area contributed by atoms with Crippen LogP contribution < -0.4 is 0 Å². The van der Waals surface area contributed by atoms with Crippen molar-refractivity contribution in [2.24, 2.45) is 0 Å². The fourth-order valence-electron chi connectivity index (χ4n) is 3.76. The van der Waals surface area contributed by atoms with Gasteiger partial charge in [0.25, 0.3) is 0 Å². The smallest absolute Gasteiger partial charge is 0.123 e. The number of aliphatic hydroxyl groups is 2. The highest BCUT2D eigenvalue weighted by Gasteiger charge is 2.34. The molecule has 1 saturated heterocycles. The van der Waals surface area contributed by atoms with Gasteiger partial charge in [-0.3, -0.25) is 0 Å². The monoisotopic (exact) mass is 412 g/mol. The minimum atomic E-state index is -0.719. The van der Waals surface area contributed by atoms with Crippen molar-refractivity contribution < 1.29 is 19.3 Å². The first-order valence-corrected chi connectivity index (χ1v) is 10.7. The summed E-state index contributed by atoms with van der Waals surface area (Å²) in [7, 11) is 0. The fraction of sp³-hybridized carbons (Fsp3) is 0.333. The molecule has 2 N–H and O–H groups in total. The third kappa shape index (κ3) is 4.43. The summed E-state index contributed by atoms with van der Waals surface area (Å²) in [5.41, 5.74) is 4.32. The Balaban J connectivity index is 1.55. The Morgan fingerprint density at radius 3 is 2.55 bits per heavy atom. The van der Waals surface area contributed by atoms with Crippen molar-refractivity contribution in [2.75, 3.05) is 0 Å².